The van der Waals surface area contributed by atoms with Crippen LogP contribution in [0.1, 0.15) is 38.2 Å². The number of likely N-dealkylation sites (tertiary alicyclic amines) is 1. The Morgan fingerprint density at radius 2 is 1.88 bits per heavy atom. The van der Waals surface area contributed by atoms with E-state index in [1.54, 1.807) is 0 Å². The van der Waals surface area contributed by atoms with Crippen LogP contribution >= 0.6 is 24.0 Å². The van der Waals surface area contributed by atoms with Gasteiger partial charge in [-0.15, -0.1) is 24.0 Å². The molecule has 0 amide bonds. The first kappa shape index (κ1) is 23.0. The number of unbranched alkanes of at least 4 members (excludes halogenated alkanes) is 1. The average Bonchev–Trinajstić information content (AvgIpc) is 3.13. The van der Waals surface area contributed by atoms with Crippen molar-refractivity contribution in [1.29, 1.82) is 0 Å². The largest absolute Gasteiger partial charge is 0.494 e. The van der Waals surface area contributed by atoms with Crippen LogP contribution in [-0.4, -0.2) is 62.6 Å². The van der Waals surface area contributed by atoms with Crippen molar-refractivity contribution in [3.63, 3.8) is 0 Å². The Labute approximate surface area is 176 Å². The topological polar surface area (TPSA) is 40.1 Å². The van der Waals surface area contributed by atoms with E-state index < -0.39 is 0 Å². The molecule has 1 N–H and O–H groups in total. The third-order valence-corrected chi connectivity index (χ3v) is 4.61. The molecular formula is C20H35IN4O. The number of benzene rings is 1. The van der Waals surface area contributed by atoms with E-state index in [2.05, 4.69) is 39.3 Å². The quantitative estimate of drug-likeness (QED) is 0.257. The minimum Gasteiger partial charge on any atom is -0.494 e. The third kappa shape index (κ3) is 8.12. The van der Waals surface area contributed by atoms with Gasteiger partial charge in [-0.05, 0) is 69.9 Å². The van der Waals surface area contributed by atoms with Gasteiger partial charge in [-0.2, -0.15) is 0 Å². The van der Waals surface area contributed by atoms with E-state index in [1.165, 1.54) is 50.9 Å². The number of nitrogens with one attached hydrogen (secondary N) is 1. The number of guanidine groups is 1. The Morgan fingerprint density at radius 1 is 1.19 bits per heavy atom. The van der Waals surface area contributed by atoms with E-state index >= 15 is 0 Å². The summed E-state index contributed by atoms with van der Waals surface area (Å²) in [4.78, 5) is 9.14. The van der Waals surface area contributed by atoms with E-state index in [0.717, 1.165) is 24.8 Å². The second-order valence-electron chi connectivity index (χ2n) is 6.66. The van der Waals surface area contributed by atoms with Crippen LogP contribution in [0.4, 0.5) is 0 Å². The molecule has 6 heteroatoms. The van der Waals surface area contributed by atoms with Gasteiger partial charge in [0, 0.05) is 27.2 Å². The van der Waals surface area contributed by atoms with Gasteiger partial charge in [0.2, 0.25) is 0 Å². The van der Waals surface area contributed by atoms with Crippen LogP contribution in [-0.2, 0) is 6.54 Å². The van der Waals surface area contributed by atoms with Crippen LogP contribution in [0.25, 0.3) is 0 Å². The van der Waals surface area contributed by atoms with Crippen molar-refractivity contribution < 1.29 is 4.74 Å². The van der Waals surface area contributed by atoms with Crippen LogP contribution < -0.4 is 10.1 Å². The number of hydrogen-bond acceptors (Lipinski definition) is 3. The van der Waals surface area contributed by atoms with Crippen molar-refractivity contribution >= 4 is 29.9 Å². The Bertz CT molecular complexity index is 515. The standard InChI is InChI=1S/C20H34N4O.HI/c1-4-25-19-11-9-18(10-12-19)17-23(3)20(21-2)22-13-5-6-14-24-15-7-8-16-24;/h9-12H,4-8,13-17H2,1-3H3,(H,21,22);1H. The lowest BCUT2D eigenvalue weighted by Gasteiger charge is -2.22. The summed E-state index contributed by atoms with van der Waals surface area (Å²) in [5.74, 6) is 1.88. The zero-order valence-corrected chi connectivity index (χ0v) is 18.9. The SMILES string of the molecule is CCOc1ccc(CN(C)C(=NC)NCCCCN2CCCC2)cc1.I. The Hall–Kier alpha value is -1.02. The fourth-order valence-corrected chi connectivity index (χ4v) is 3.26. The van der Waals surface area contributed by atoms with Crippen molar-refractivity contribution in [2.75, 3.05) is 46.9 Å². The first-order valence-corrected chi connectivity index (χ1v) is 9.58. The highest BCUT2D eigenvalue weighted by molar-refractivity contribution is 14.0. The van der Waals surface area contributed by atoms with E-state index in [-0.39, 0.29) is 24.0 Å². The van der Waals surface area contributed by atoms with Crippen LogP contribution in [0.5, 0.6) is 5.75 Å². The van der Waals surface area contributed by atoms with Gasteiger partial charge in [0.05, 0.1) is 6.61 Å². The fourth-order valence-electron chi connectivity index (χ4n) is 3.26. The minimum atomic E-state index is 0. The molecular weight excluding hydrogens is 439 g/mol. The summed E-state index contributed by atoms with van der Waals surface area (Å²) in [6.07, 6.45) is 5.20. The Balaban J connectivity index is 0.00000338. The van der Waals surface area contributed by atoms with Crippen molar-refractivity contribution in [3.8, 4) is 5.75 Å². The average molecular weight is 474 g/mol. The first-order valence-electron chi connectivity index (χ1n) is 9.58. The molecule has 0 unspecified atom stereocenters. The van der Waals surface area contributed by atoms with E-state index in [0.29, 0.717) is 6.61 Å². The highest BCUT2D eigenvalue weighted by Gasteiger charge is 2.10. The number of rotatable bonds is 9. The molecule has 1 aromatic carbocycles. The van der Waals surface area contributed by atoms with Crippen LogP contribution in [0.15, 0.2) is 29.3 Å². The first-order chi connectivity index (χ1) is 12.2. The molecule has 0 aromatic heterocycles. The molecule has 1 aliphatic heterocycles. The van der Waals surface area contributed by atoms with Crippen LogP contribution in [0.3, 0.4) is 0 Å². The normalized spacial score (nSPS) is 14.8. The summed E-state index contributed by atoms with van der Waals surface area (Å²) in [6.45, 7) is 8.34. The second-order valence-corrected chi connectivity index (χ2v) is 6.66. The lowest BCUT2D eigenvalue weighted by Crippen LogP contribution is -2.39. The summed E-state index contributed by atoms with van der Waals surface area (Å²) < 4.78 is 5.49. The molecule has 1 aromatic rings. The third-order valence-electron chi connectivity index (χ3n) is 4.61. The van der Waals surface area contributed by atoms with Gasteiger partial charge in [-0.3, -0.25) is 4.99 Å². The van der Waals surface area contributed by atoms with Gasteiger partial charge < -0.3 is 19.9 Å². The summed E-state index contributed by atoms with van der Waals surface area (Å²) in [5.41, 5.74) is 1.25. The molecule has 0 saturated carbocycles. The lowest BCUT2D eigenvalue weighted by atomic mass is 10.2. The monoisotopic (exact) mass is 474 g/mol. The van der Waals surface area contributed by atoms with Gasteiger partial charge in [0.1, 0.15) is 5.75 Å². The molecule has 1 aliphatic rings. The summed E-state index contributed by atoms with van der Waals surface area (Å²) in [5, 5.41) is 3.48. The molecule has 0 bridgehead atoms. The maximum Gasteiger partial charge on any atom is 0.193 e. The number of hydrogen-bond donors (Lipinski definition) is 1. The van der Waals surface area contributed by atoms with Gasteiger partial charge in [0.25, 0.3) is 0 Å². The molecule has 0 radical (unpaired) electrons. The Kier molecular flexibility index (Phi) is 11.7. The van der Waals surface area contributed by atoms with E-state index in [4.69, 9.17) is 4.74 Å². The maximum absolute atomic E-state index is 5.49. The second kappa shape index (κ2) is 13.2. The van der Waals surface area contributed by atoms with Gasteiger partial charge >= 0.3 is 0 Å². The van der Waals surface area contributed by atoms with Crippen LogP contribution in [0, 0.1) is 0 Å². The molecule has 1 heterocycles. The predicted octanol–water partition coefficient (Wildman–Crippen LogP) is 3.59. The highest BCUT2D eigenvalue weighted by atomic mass is 127. The van der Waals surface area contributed by atoms with Gasteiger partial charge in [-0.25, -0.2) is 0 Å². The molecule has 1 fully saturated rings. The van der Waals surface area contributed by atoms with Crippen molar-refractivity contribution in [3.05, 3.63) is 29.8 Å². The van der Waals surface area contributed by atoms with Crippen molar-refractivity contribution in [2.24, 2.45) is 4.99 Å². The highest BCUT2D eigenvalue weighted by Crippen LogP contribution is 2.13. The number of ether oxygens (including phenoxy) is 1. The smallest absolute Gasteiger partial charge is 0.193 e. The molecule has 1 saturated heterocycles. The zero-order valence-electron chi connectivity index (χ0n) is 16.5. The number of nitrogens with zero attached hydrogens (tertiary/aromatic N) is 3. The molecule has 26 heavy (non-hydrogen) atoms. The summed E-state index contributed by atoms with van der Waals surface area (Å²) in [6, 6.07) is 8.29. The molecule has 0 spiro atoms. The van der Waals surface area contributed by atoms with Gasteiger partial charge in [-0.1, -0.05) is 12.1 Å². The maximum atomic E-state index is 5.49. The Morgan fingerprint density at radius 3 is 2.50 bits per heavy atom. The molecule has 5 nitrogen and oxygen atoms in total. The van der Waals surface area contributed by atoms with Crippen molar-refractivity contribution in [1.82, 2.24) is 15.1 Å². The van der Waals surface area contributed by atoms with Gasteiger partial charge in [0.15, 0.2) is 5.96 Å². The minimum absolute atomic E-state index is 0. The predicted molar refractivity (Wildman–Crippen MR) is 121 cm³/mol. The summed E-state index contributed by atoms with van der Waals surface area (Å²) in [7, 11) is 3.93. The molecule has 148 valence electrons. The number of aliphatic imine (C=N–C) groups is 1. The van der Waals surface area contributed by atoms with Crippen molar-refractivity contribution in [2.45, 2.75) is 39.2 Å². The zero-order chi connectivity index (χ0) is 17.9. The molecule has 0 atom stereocenters. The number of halogens is 1. The fraction of sp³-hybridized carbons (Fsp3) is 0.650. The molecule has 2 rings (SSSR count). The van der Waals surface area contributed by atoms with E-state index in [9.17, 15) is 0 Å². The van der Waals surface area contributed by atoms with E-state index in [1.807, 2.05) is 26.1 Å². The lowest BCUT2D eigenvalue weighted by molar-refractivity contribution is 0.330. The summed E-state index contributed by atoms with van der Waals surface area (Å²) >= 11 is 0. The van der Waals surface area contributed by atoms with Crippen LogP contribution in [0.2, 0.25) is 0 Å². The molecule has 0 aliphatic carbocycles.